The molecule has 1 aliphatic rings. The Morgan fingerprint density at radius 2 is 1.95 bits per heavy atom. The molecular formula is C16H21N3O2. The highest BCUT2D eigenvalue weighted by Crippen LogP contribution is 2.39. The molecule has 0 amide bonds. The molecule has 0 radical (unpaired) electrons. The number of nitrogens with zero attached hydrogens (tertiary/aromatic N) is 3. The van der Waals surface area contributed by atoms with E-state index in [0.717, 1.165) is 31.6 Å². The van der Waals surface area contributed by atoms with Gasteiger partial charge in [-0.15, -0.1) is 0 Å². The number of rotatable bonds is 4. The maximum atomic E-state index is 11.0. The van der Waals surface area contributed by atoms with E-state index in [2.05, 4.69) is 18.7 Å². The number of benzene rings is 1. The summed E-state index contributed by atoms with van der Waals surface area (Å²) in [6.45, 7) is 6.33. The van der Waals surface area contributed by atoms with E-state index < -0.39 is 4.92 Å². The topological polar surface area (TPSA) is 70.2 Å². The molecule has 0 saturated carbocycles. The molecule has 0 aliphatic carbocycles. The largest absolute Gasteiger partial charge is 0.371 e. The van der Waals surface area contributed by atoms with Gasteiger partial charge in [0.05, 0.1) is 4.92 Å². The van der Waals surface area contributed by atoms with Gasteiger partial charge in [-0.05, 0) is 30.4 Å². The highest BCUT2D eigenvalue weighted by Gasteiger charge is 2.31. The van der Waals surface area contributed by atoms with Crippen LogP contribution in [0, 0.1) is 26.9 Å². The Morgan fingerprint density at radius 1 is 1.33 bits per heavy atom. The van der Waals surface area contributed by atoms with E-state index in [1.165, 1.54) is 18.9 Å². The summed E-state index contributed by atoms with van der Waals surface area (Å²) in [4.78, 5) is 12.8. The van der Waals surface area contributed by atoms with Gasteiger partial charge in [0, 0.05) is 24.8 Å². The van der Waals surface area contributed by atoms with E-state index in [0.29, 0.717) is 5.41 Å². The predicted molar refractivity (Wildman–Crippen MR) is 82.3 cm³/mol. The predicted octanol–water partition coefficient (Wildman–Crippen LogP) is 3.87. The minimum Gasteiger partial charge on any atom is -0.371 e. The zero-order chi connectivity index (χ0) is 15.5. The molecule has 1 aromatic rings. The van der Waals surface area contributed by atoms with E-state index in [1.807, 2.05) is 12.1 Å². The van der Waals surface area contributed by atoms with Crippen molar-refractivity contribution in [3.63, 3.8) is 0 Å². The van der Waals surface area contributed by atoms with Crippen molar-refractivity contribution in [3.8, 4) is 6.07 Å². The fraction of sp³-hybridized carbons (Fsp3) is 0.562. The van der Waals surface area contributed by atoms with Crippen LogP contribution in [0.15, 0.2) is 18.2 Å². The molecule has 0 atom stereocenters. The van der Waals surface area contributed by atoms with Crippen molar-refractivity contribution in [2.45, 2.75) is 39.5 Å². The number of anilines is 1. The molecular weight excluding hydrogens is 266 g/mol. The van der Waals surface area contributed by atoms with Crippen LogP contribution in [0.3, 0.4) is 0 Å². The van der Waals surface area contributed by atoms with Gasteiger partial charge < -0.3 is 4.90 Å². The fourth-order valence-electron chi connectivity index (χ4n) is 3.16. The third-order valence-electron chi connectivity index (χ3n) is 4.99. The summed E-state index contributed by atoms with van der Waals surface area (Å²) < 4.78 is 0. The molecule has 0 unspecified atom stereocenters. The Bertz CT molecular complexity index is 563. The van der Waals surface area contributed by atoms with E-state index in [4.69, 9.17) is 5.26 Å². The van der Waals surface area contributed by atoms with Crippen LogP contribution in [-0.4, -0.2) is 18.0 Å². The molecule has 5 heteroatoms. The van der Waals surface area contributed by atoms with Crippen molar-refractivity contribution in [1.29, 1.82) is 5.26 Å². The average molecular weight is 287 g/mol. The second kappa shape index (κ2) is 6.13. The summed E-state index contributed by atoms with van der Waals surface area (Å²) in [7, 11) is 0. The van der Waals surface area contributed by atoms with Gasteiger partial charge in [0.2, 0.25) is 0 Å². The molecule has 1 saturated heterocycles. The van der Waals surface area contributed by atoms with Crippen molar-refractivity contribution in [3.05, 3.63) is 33.9 Å². The van der Waals surface area contributed by atoms with Gasteiger partial charge in [0.15, 0.2) is 0 Å². The first-order valence-electron chi connectivity index (χ1n) is 7.48. The van der Waals surface area contributed by atoms with E-state index in [1.54, 1.807) is 6.07 Å². The Labute approximate surface area is 125 Å². The molecule has 21 heavy (non-hydrogen) atoms. The maximum Gasteiger partial charge on any atom is 0.289 e. The molecule has 112 valence electrons. The molecule has 5 nitrogen and oxygen atoms in total. The van der Waals surface area contributed by atoms with Crippen molar-refractivity contribution in [2.75, 3.05) is 18.0 Å². The normalized spacial score (nSPS) is 17.3. The first-order valence-corrected chi connectivity index (χ1v) is 7.48. The molecule has 1 heterocycles. The zero-order valence-corrected chi connectivity index (χ0v) is 12.6. The minimum absolute atomic E-state index is 0.0992. The van der Waals surface area contributed by atoms with E-state index in [9.17, 15) is 10.1 Å². The highest BCUT2D eigenvalue weighted by atomic mass is 16.6. The van der Waals surface area contributed by atoms with Crippen LogP contribution in [0.25, 0.3) is 0 Å². The third kappa shape index (κ3) is 2.99. The summed E-state index contributed by atoms with van der Waals surface area (Å²) in [6, 6.07) is 6.78. The SMILES string of the molecule is CCC1(CC)CCN(c2ccc(C#N)c([N+](=O)[O-])c2)CC1. The van der Waals surface area contributed by atoms with Crippen LogP contribution in [0.1, 0.15) is 45.1 Å². The average Bonchev–Trinajstić information content (AvgIpc) is 2.54. The Morgan fingerprint density at radius 3 is 2.43 bits per heavy atom. The molecule has 0 aromatic heterocycles. The molecule has 0 spiro atoms. The van der Waals surface area contributed by atoms with Gasteiger partial charge in [-0.3, -0.25) is 10.1 Å². The maximum absolute atomic E-state index is 11.0. The summed E-state index contributed by atoms with van der Waals surface area (Å²) in [6.07, 6.45) is 4.61. The Hall–Kier alpha value is -2.09. The summed E-state index contributed by atoms with van der Waals surface area (Å²) in [5, 5.41) is 20.0. The van der Waals surface area contributed by atoms with Gasteiger partial charge in [-0.25, -0.2) is 0 Å². The van der Waals surface area contributed by atoms with Crippen LogP contribution in [-0.2, 0) is 0 Å². The lowest BCUT2D eigenvalue weighted by molar-refractivity contribution is -0.385. The number of nitro benzene ring substituents is 1. The quantitative estimate of drug-likeness (QED) is 0.622. The second-order valence-electron chi connectivity index (χ2n) is 5.76. The van der Waals surface area contributed by atoms with E-state index >= 15 is 0 Å². The number of nitro groups is 1. The van der Waals surface area contributed by atoms with Gasteiger partial charge in [-0.1, -0.05) is 26.7 Å². The zero-order valence-electron chi connectivity index (χ0n) is 12.6. The minimum atomic E-state index is -0.478. The highest BCUT2D eigenvalue weighted by molar-refractivity contribution is 5.60. The first kappa shape index (κ1) is 15.3. The number of piperidine rings is 1. The van der Waals surface area contributed by atoms with E-state index in [-0.39, 0.29) is 11.3 Å². The summed E-state index contributed by atoms with van der Waals surface area (Å²) >= 11 is 0. The standard InChI is InChI=1S/C16H21N3O2/c1-3-16(4-2)7-9-18(10-8-16)14-6-5-13(12-17)15(11-14)19(20)21/h5-6,11H,3-4,7-10H2,1-2H3. The molecule has 0 bridgehead atoms. The third-order valence-corrected chi connectivity index (χ3v) is 4.99. The smallest absolute Gasteiger partial charge is 0.289 e. The van der Waals surface area contributed by atoms with Crippen LogP contribution in [0.4, 0.5) is 11.4 Å². The summed E-state index contributed by atoms with van der Waals surface area (Å²) in [5.74, 6) is 0. The van der Waals surface area contributed by atoms with Gasteiger partial charge in [0.1, 0.15) is 11.6 Å². The van der Waals surface area contributed by atoms with Crippen molar-refractivity contribution < 1.29 is 4.92 Å². The van der Waals surface area contributed by atoms with Crippen LogP contribution in [0.2, 0.25) is 0 Å². The number of nitriles is 1. The lowest BCUT2D eigenvalue weighted by Crippen LogP contribution is -2.39. The Balaban J connectivity index is 2.20. The molecule has 0 N–H and O–H groups in total. The lowest BCUT2D eigenvalue weighted by Gasteiger charge is -2.42. The monoisotopic (exact) mass is 287 g/mol. The summed E-state index contributed by atoms with van der Waals surface area (Å²) in [5.41, 5.74) is 1.30. The van der Waals surface area contributed by atoms with Crippen LogP contribution < -0.4 is 4.90 Å². The van der Waals surface area contributed by atoms with Crippen molar-refractivity contribution in [2.24, 2.45) is 5.41 Å². The Kier molecular flexibility index (Phi) is 4.46. The van der Waals surface area contributed by atoms with Gasteiger partial charge in [-0.2, -0.15) is 5.26 Å². The van der Waals surface area contributed by atoms with Gasteiger partial charge in [0.25, 0.3) is 5.69 Å². The lowest BCUT2D eigenvalue weighted by atomic mass is 9.74. The first-order chi connectivity index (χ1) is 10.0. The molecule has 2 rings (SSSR count). The number of hydrogen-bond acceptors (Lipinski definition) is 4. The van der Waals surface area contributed by atoms with Crippen LogP contribution in [0.5, 0.6) is 0 Å². The number of hydrogen-bond donors (Lipinski definition) is 0. The second-order valence-corrected chi connectivity index (χ2v) is 5.76. The van der Waals surface area contributed by atoms with Gasteiger partial charge >= 0.3 is 0 Å². The fourth-order valence-corrected chi connectivity index (χ4v) is 3.16. The van der Waals surface area contributed by atoms with Crippen molar-refractivity contribution >= 4 is 11.4 Å². The molecule has 1 fully saturated rings. The molecule has 1 aromatic carbocycles. The molecule has 1 aliphatic heterocycles. The van der Waals surface area contributed by atoms with Crippen LogP contribution >= 0.6 is 0 Å². The van der Waals surface area contributed by atoms with Crippen molar-refractivity contribution in [1.82, 2.24) is 0 Å².